The number of carbonyl (C=O) groups is 1. The predicted octanol–water partition coefficient (Wildman–Crippen LogP) is 2.48. The summed E-state index contributed by atoms with van der Waals surface area (Å²) in [5.74, 6) is -1.15. The van der Waals surface area contributed by atoms with E-state index in [1.807, 2.05) is 6.07 Å². The third-order valence-corrected chi connectivity index (χ3v) is 2.77. The Morgan fingerprint density at radius 1 is 1.25 bits per heavy atom. The van der Waals surface area contributed by atoms with Crippen molar-refractivity contribution in [2.45, 2.75) is 32.0 Å². The molecule has 1 heterocycles. The molecule has 0 aliphatic carbocycles. The summed E-state index contributed by atoms with van der Waals surface area (Å²) in [6.45, 7) is 3.59. The van der Waals surface area contributed by atoms with Crippen LogP contribution in [-0.2, 0) is 18.9 Å². The molecule has 0 amide bonds. The molecule has 1 unspecified atom stereocenters. The maximum absolute atomic E-state index is 11.7. The van der Waals surface area contributed by atoms with E-state index in [1.165, 1.54) is 13.4 Å². The maximum Gasteiger partial charge on any atom is 0.342 e. The van der Waals surface area contributed by atoms with Gasteiger partial charge in [0.25, 0.3) is 0 Å². The Morgan fingerprint density at radius 3 is 2.60 bits per heavy atom. The van der Waals surface area contributed by atoms with Gasteiger partial charge in [0.2, 0.25) is 0 Å². The predicted molar refractivity (Wildman–Crippen MR) is 71.8 cm³/mol. The average Bonchev–Trinajstić information content (AvgIpc) is 2.74. The molecule has 2 rings (SSSR count). The largest absolute Gasteiger partial charge is 0.431 e. The van der Waals surface area contributed by atoms with Crippen LogP contribution in [0.2, 0.25) is 0 Å². The van der Waals surface area contributed by atoms with Crippen molar-refractivity contribution in [2.75, 3.05) is 7.11 Å². The summed E-state index contributed by atoms with van der Waals surface area (Å²) in [4.78, 5) is 11.7. The minimum Gasteiger partial charge on any atom is -0.431 e. The van der Waals surface area contributed by atoms with Crippen LogP contribution in [-0.4, -0.2) is 31.3 Å². The maximum atomic E-state index is 11.7. The molecule has 108 valence electrons. The first kappa shape index (κ1) is 14.7. The lowest BCUT2D eigenvalue weighted by molar-refractivity contribution is -0.182. The van der Waals surface area contributed by atoms with Crippen LogP contribution in [0, 0.1) is 0 Å². The van der Waals surface area contributed by atoms with Crippen molar-refractivity contribution in [2.24, 2.45) is 0 Å². The van der Waals surface area contributed by atoms with Gasteiger partial charge >= 0.3 is 5.97 Å². The Bertz CT molecular complexity index is 480. The zero-order valence-corrected chi connectivity index (χ0v) is 11.7. The highest BCUT2D eigenvalue weighted by atomic mass is 16.8. The molecule has 5 nitrogen and oxygen atoms in total. The van der Waals surface area contributed by atoms with Crippen molar-refractivity contribution < 1.29 is 23.7 Å². The number of benzene rings is 1. The van der Waals surface area contributed by atoms with Crippen molar-refractivity contribution in [3.63, 3.8) is 0 Å². The first-order valence-corrected chi connectivity index (χ1v) is 6.33. The third-order valence-electron chi connectivity index (χ3n) is 2.77. The lowest BCUT2D eigenvalue weighted by atomic mass is 10.2. The second-order valence-electron chi connectivity index (χ2n) is 4.80. The van der Waals surface area contributed by atoms with Crippen LogP contribution in [0.1, 0.15) is 24.2 Å². The molecule has 0 radical (unpaired) electrons. The van der Waals surface area contributed by atoms with Gasteiger partial charge in [0, 0.05) is 7.11 Å². The molecule has 0 saturated carbocycles. The Kier molecular flexibility index (Phi) is 4.54. The summed E-state index contributed by atoms with van der Waals surface area (Å²) in [5, 5.41) is 0. The van der Waals surface area contributed by atoms with Crippen molar-refractivity contribution >= 4 is 5.97 Å². The minimum atomic E-state index is -0.723. The van der Waals surface area contributed by atoms with Crippen LogP contribution in [0.15, 0.2) is 42.7 Å². The average molecular weight is 278 g/mol. The molecule has 1 saturated heterocycles. The number of hydrogen-bond acceptors (Lipinski definition) is 5. The second kappa shape index (κ2) is 6.17. The van der Waals surface area contributed by atoms with E-state index in [0.717, 1.165) is 0 Å². The summed E-state index contributed by atoms with van der Waals surface area (Å²) in [7, 11) is 1.53. The van der Waals surface area contributed by atoms with Gasteiger partial charge in [0.05, 0.1) is 11.8 Å². The van der Waals surface area contributed by atoms with Crippen LogP contribution < -0.4 is 0 Å². The zero-order valence-electron chi connectivity index (χ0n) is 11.7. The first-order valence-electron chi connectivity index (χ1n) is 6.33. The molecule has 0 spiro atoms. The SMILES string of the molecule is COC1OC(C)(C)O[C@H]1/C=C/OC(=O)c1ccccc1. The van der Waals surface area contributed by atoms with Gasteiger partial charge in [-0.15, -0.1) is 0 Å². The quantitative estimate of drug-likeness (QED) is 0.625. The van der Waals surface area contributed by atoms with Gasteiger partial charge in [-0.3, -0.25) is 0 Å². The van der Waals surface area contributed by atoms with E-state index in [2.05, 4.69) is 0 Å². The molecule has 1 aromatic rings. The highest BCUT2D eigenvalue weighted by molar-refractivity contribution is 5.89. The van der Waals surface area contributed by atoms with Crippen molar-refractivity contribution in [3.05, 3.63) is 48.2 Å². The number of esters is 1. The zero-order chi connectivity index (χ0) is 14.6. The molecule has 0 N–H and O–H groups in total. The standard InChI is InChI=1S/C15H18O5/c1-15(2)19-12(14(17-3)20-15)9-10-18-13(16)11-7-5-4-6-8-11/h4-10,12,14H,1-3H3/b10-9+/t12-,14?/m0/s1. The summed E-state index contributed by atoms with van der Waals surface area (Å²) in [6.07, 6.45) is 1.97. The number of hydrogen-bond donors (Lipinski definition) is 0. The first-order chi connectivity index (χ1) is 9.52. The Hall–Kier alpha value is -1.69. The normalized spacial score (nSPS) is 24.9. The van der Waals surface area contributed by atoms with E-state index in [9.17, 15) is 4.79 Å². The van der Waals surface area contributed by atoms with Crippen LogP contribution in [0.5, 0.6) is 0 Å². The van der Waals surface area contributed by atoms with Gasteiger partial charge in [-0.2, -0.15) is 0 Å². The van der Waals surface area contributed by atoms with Crippen molar-refractivity contribution in [1.82, 2.24) is 0 Å². The van der Waals surface area contributed by atoms with Crippen LogP contribution in [0.4, 0.5) is 0 Å². The molecule has 20 heavy (non-hydrogen) atoms. The molecule has 0 aromatic heterocycles. The van der Waals surface area contributed by atoms with E-state index in [4.69, 9.17) is 18.9 Å². The number of ether oxygens (including phenoxy) is 4. The van der Waals surface area contributed by atoms with E-state index >= 15 is 0 Å². The topological polar surface area (TPSA) is 54.0 Å². The van der Waals surface area contributed by atoms with E-state index in [0.29, 0.717) is 5.56 Å². The van der Waals surface area contributed by atoms with Crippen LogP contribution in [0.25, 0.3) is 0 Å². The number of rotatable bonds is 4. The van der Waals surface area contributed by atoms with E-state index < -0.39 is 24.2 Å². The molecule has 5 heteroatoms. The molecule has 1 aromatic carbocycles. The lowest BCUT2D eigenvalue weighted by Gasteiger charge is -2.15. The van der Waals surface area contributed by atoms with E-state index in [1.54, 1.807) is 44.2 Å². The van der Waals surface area contributed by atoms with Gasteiger partial charge in [-0.05, 0) is 32.1 Å². The molecule has 1 aliphatic rings. The van der Waals surface area contributed by atoms with Gasteiger partial charge in [-0.25, -0.2) is 4.79 Å². The lowest BCUT2D eigenvalue weighted by Crippen LogP contribution is -2.22. The highest BCUT2D eigenvalue weighted by Crippen LogP contribution is 2.29. The van der Waals surface area contributed by atoms with Gasteiger partial charge in [0.1, 0.15) is 6.10 Å². The number of carbonyl (C=O) groups excluding carboxylic acids is 1. The molecule has 2 atom stereocenters. The molecule has 0 bridgehead atoms. The highest BCUT2D eigenvalue weighted by Gasteiger charge is 2.40. The van der Waals surface area contributed by atoms with Gasteiger partial charge < -0.3 is 18.9 Å². The summed E-state index contributed by atoms with van der Waals surface area (Å²) < 4.78 is 21.3. The van der Waals surface area contributed by atoms with E-state index in [-0.39, 0.29) is 0 Å². The summed E-state index contributed by atoms with van der Waals surface area (Å²) >= 11 is 0. The Balaban J connectivity index is 1.92. The van der Waals surface area contributed by atoms with Gasteiger partial charge in [0.15, 0.2) is 12.1 Å². The fourth-order valence-electron chi connectivity index (χ4n) is 1.89. The molecule has 1 aliphatic heterocycles. The molecule has 1 fully saturated rings. The van der Waals surface area contributed by atoms with Crippen LogP contribution in [0.3, 0.4) is 0 Å². The summed E-state index contributed by atoms with van der Waals surface area (Å²) in [6, 6.07) is 8.76. The smallest absolute Gasteiger partial charge is 0.342 e. The van der Waals surface area contributed by atoms with Gasteiger partial charge in [-0.1, -0.05) is 18.2 Å². The number of methoxy groups -OCH3 is 1. The fourth-order valence-corrected chi connectivity index (χ4v) is 1.89. The Morgan fingerprint density at radius 2 is 1.95 bits per heavy atom. The third kappa shape index (κ3) is 3.66. The monoisotopic (exact) mass is 278 g/mol. The molecular formula is C15H18O5. The van der Waals surface area contributed by atoms with Crippen molar-refractivity contribution in [3.8, 4) is 0 Å². The van der Waals surface area contributed by atoms with Crippen LogP contribution >= 0.6 is 0 Å². The minimum absolute atomic E-state index is 0.418. The fraction of sp³-hybridized carbons (Fsp3) is 0.400. The van der Waals surface area contributed by atoms with Crippen molar-refractivity contribution in [1.29, 1.82) is 0 Å². The molecular weight excluding hydrogens is 260 g/mol. The second-order valence-corrected chi connectivity index (χ2v) is 4.80. The summed E-state index contributed by atoms with van der Waals surface area (Å²) in [5.41, 5.74) is 0.490. The Labute approximate surface area is 118 Å².